The van der Waals surface area contributed by atoms with Gasteiger partial charge in [-0.2, -0.15) is 5.10 Å². The number of nitrogens with zero attached hydrogens (tertiary/aromatic N) is 2. The molecule has 0 aliphatic carbocycles. The first-order chi connectivity index (χ1) is 12.1. The van der Waals surface area contributed by atoms with Crippen LogP contribution in [0.5, 0.6) is 5.75 Å². The van der Waals surface area contributed by atoms with Gasteiger partial charge >= 0.3 is 0 Å². The highest BCUT2D eigenvalue weighted by Gasteiger charge is 2.17. The monoisotopic (exact) mass is 355 g/mol. The predicted octanol–water partition coefficient (Wildman–Crippen LogP) is 3.99. The Hall–Kier alpha value is -2.79. The summed E-state index contributed by atoms with van der Waals surface area (Å²) in [5, 5.41) is 7.67. The minimum Gasteiger partial charge on any atom is -0.481 e. The summed E-state index contributed by atoms with van der Waals surface area (Å²) < 4.78 is 7.37. The van der Waals surface area contributed by atoms with Gasteiger partial charge in [0.1, 0.15) is 11.6 Å². The highest BCUT2D eigenvalue weighted by molar-refractivity contribution is 6.30. The zero-order chi connectivity index (χ0) is 17.6. The molecule has 0 radical (unpaired) electrons. The molecule has 3 rings (SSSR count). The number of hydrogen-bond donors (Lipinski definition) is 1. The zero-order valence-corrected chi connectivity index (χ0v) is 14.5. The summed E-state index contributed by atoms with van der Waals surface area (Å²) in [4.78, 5) is 12.4. The summed E-state index contributed by atoms with van der Waals surface area (Å²) in [6.45, 7) is 2.27. The largest absolute Gasteiger partial charge is 0.481 e. The number of nitrogens with one attached hydrogen (secondary N) is 1. The maximum Gasteiger partial charge on any atom is 0.266 e. The molecule has 1 unspecified atom stereocenters. The van der Waals surface area contributed by atoms with Crippen LogP contribution in [0.2, 0.25) is 5.02 Å². The van der Waals surface area contributed by atoms with Gasteiger partial charge in [-0.05, 0) is 30.7 Å². The molecule has 0 aliphatic heterocycles. The summed E-state index contributed by atoms with van der Waals surface area (Å²) in [6, 6.07) is 18.6. The van der Waals surface area contributed by atoms with Crippen LogP contribution in [0.1, 0.15) is 12.5 Å². The number of rotatable bonds is 6. The molecule has 0 saturated carbocycles. The van der Waals surface area contributed by atoms with Crippen LogP contribution < -0.4 is 10.1 Å². The second-order valence-corrected chi connectivity index (χ2v) is 6.00. The smallest absolute Gasteiger partial charge is 0.266 e. The van der Waals surface area contributed by atoms with Crippen molar-refractivity contribution in [3.05, 3.63) is 77.4 Å². The fraction of sp³-hybridized carbons (Fsp3) is 0.158. The van der Waals surface area contributed by atoms with E-state index in [1.54, 1.807) is 48.1 Å². The van der Waals surface area contributed by atoms with E-state index in [1.807, 2.05) is 30.3 Å². The third-order valence-corrected chi connectivity index (χ3v) is 3.86. The van der Waals surface area contributed by atoms with Gasteiger partial charge in [0, 0.05) is 11.1 Å². The Kier molecular flexibility index (Phi) is 5.36. The van der Waals surface area contributed by atoms with Gasteiger partial charge in [-0.3, -0.25) is 4.79 Å². The van der Waals surface area contributed by atoms with Crippen molar-refractivity contribution in [2.45, 2.75) is 19.6 Å². The van der Waals surface area contributed by atoms with Crippen molar-refractivity contribution in [2.75, 3.05) is 5.32 Å². The van der Waals surface area contributed by atoms with Crippen LogP contribution in [0.4, 0.5) is 5.82 Å². The van der Waals surface area contributed by atoms with E-state index in [4.69, 9.17) is 16.3 Å². The second-order valence-electron chi connectivity index (χ2n) is 5.57. The van der Waals surface area contributed by atoms with E-state index >= 15 is 0 Å². The molecule has 0 aliphatic rings. The molecule has 3 aromatic rings. The third kappa shape index (κ3) is 4.61. The number of aromatic nitrogens is 2. The van der Waals surface area contributed by atoms with Crippen molar-refractivity contribution < 1.29 is 9.53 Å². The van der Waals surface area contributed by atoms with E-state index in [2.05, 4.69) is 10.4 Å². The molecule has 0 spiro atoms. The van der Waals surface area contributed by atoms with E-state index in [9.17, 15) is 4.79 Å². The molecular weight excluding hydrogens is 338 g/mol. The predicted molar refractivity (Wildman–Crippen MR) is 97.9 cm³/mol. The third-order valence-electron chi connectivity index (χ3n) is 3.62. The molecule has 1 heterocycles. The van der Waals surface area contributed by atoms with Crippen LogP contribution in [-0.2, 0) is 11.3 Å². The van der Waals surface area contributed by atoms with Crippen LogP contribution in [-0.4, -0.2) is 21.8 Å². The molecule has 1 amide bonds. The molecule has 1 N–H and O–H groups in total. The van der Waals surface area contributed by atoms with Gasteiger partial charge in [-0.25, -0.2) is 4.68 Å². The van der Waals surface area contributed by atoms with Crippen molar-refractivity contribution in [3.63, 3.8) is 0 Å². The minimum absolute atomic E-state index is 0.255. The molecule has 2 aromatic carbocycles. The molecule has 0 bridgehead atoms. The summed E-state index contributed by atoms with van der Waals surface area (Å²) in [6.07, 6.45) is 0.986. The van der Waals surface area contributed by atoms with Crippen molar-refractivity contribution >= 4 is 23.3 Å². The van der Waals surface area contributed by atoms with Crippen molar-refractivity contribution in [1.29, 1.82) is 0 Å². The Morgan fingerprint density at radius 1 is 1.20 bits per heavy atom. The van der Waals surface area contributed by atoms with E-state index < -0.39 is 6.10 Å². The number of amides is 1. The fourth-order valence-electron chi connectivity index (χ4n) is 2.35. The van der Waals surface area contributed by atoms with E-state index in [0.717, 1.165) is 5.56 Å². The van der Waals surface area contributed by atoms with E-state index in [1.165, 1.54) is 0 Å². The summed E-state index contributed by atoms with van der Waals surface area (Å²) >= 11 is 5.93. The first-order valence-corrected chi connectivity index (χ1v) is 8.28. The van der Waals surface area contributed by atoms with Crippen LogP contribution >= 0.6 is 11.6 Å². The number of anilines is 1. The Labute approximate surface area is 151 Å². The van der Waals surface area contributed by atoms with Crippen LogP contribution in [0, 0.1) is 0 Å². The zero-order valence-electron chi connectivity index (χ0n) is 13.7. The van der Waals surface area contributed by atoms with Gasteiger partial charge in [0.2, 0.25) is 0 Å². The van der Waals surface area contributed by atoms with Gasteiger partial charge in [0.15, 0.2) is 6.10 Å². The lowest BCUT2D eigenvalue weighted by atomic mass is 10.2. The maximum atomic E-state index is 12.4. The quantitative estimate of drug-likeness (QED) is 0.727. The van der Waals surface area contributed by atoms with Gasteiger partial charge in [-0.1, -0.05) is 48.0 Å². The lowest BCUT2D eigenvalue weighted by molar-refractivity contribution is -0.122. The van der Waals surface area contributed by atoms with Crippen LogP contribution in [0.25, 0.3) is 0 Å². The summed E-state index contributed by atoms with van der Waals surface area (Å²) in [5.41, 5.74) is 1.10. The second kappa shape index (κ2) is 7.85. The molecule has 1 atom stereocenters. The summed E-state index contributed by atoms with van der Waals surface area (Å²) in [7, 11) is 0. The number of benzene rings is 2. The first kappa shape index (κ1) is 17.0. The van der Waals surface area contributed by atoms with Crippen molar-refractivity contribution in [3.8, 4) is 5.75 Å². The lowest BCUT2D eigenvalue weighted by Crippen LogP contribution is -2.31. The standard InChI is InChI=1S/C19H18ClN3O2/c1-14(25-17-9-5-8-16(20)12-17)19(24)22-18-10-11-21-23(18)13-15-6-3-2-4-7-15/h2-12,14H,13H2,1H3,(H,22,24). The number of carbonyl (C=O) groups is 1. The lowest BCUT2D eigenvalue weighted by Gasteiger charge is -2.15. The number of hydrogen-bond acceptors (Lipinski definition) is 3. The summed E-state index contributed by atoms with van der Waals surface area (Å²) in [5.74, 6) is 0.915. The van der Waals surface area contributed by atoms with E-state index in [0.29, 0.717) is 23.1 Å². The highest BCUT2D eigenvalue weighted by atomic mass is 35.5. The molecule has 0 saturated heterocycles. The molecule has 1 aromatic heterocycles. The number of halogens is 1. The SMILES string of the molecule is CC(Oc1cccc(Cl)c1)C(=O)Nc1ccnn1Cc1ccccc1. The minimum atomic E-state index is -0.668. The number of ether oxygens (including phenoxy) is 1. The maximum absolute atomic E-state index is 12.4. The number of carbonyl (C=O) groups excluding carboxylic acids is 1. The fourth-order valence-corrected chi connectivity index (χ4v) is 2.53. The molecular formula is C19H18ClN3O2. The van der Waals surface area contributed by atoms with E-state index in [-0.39, 0.29) is 5.91 Å². The Morgan fingerprint density at radius 2 is 2.00 bits per heavy atom. The van der Waals surface area contributed by atoms with Crippen LogP contribution in [0.3, 0.4) is 0 Å². The Morgan fingerprint density at radius 3 is 2.76 bits per heavy atom. The molecule has 0 fully saturated rings. The first-order valence-electron chi connectivity index (χ1n) is 7.90. The normalized spacial score (nSPS) is 11.8. The molecule has 25 heavy (non-hydrogen) atoms. The average Bonchev–Trinajstić information content (AvgIpc) is 3.02. The molecule has 5 nitrogen and oxygen atoms in total. The average molecular weight is 356 g/mol. The van der Waals surface area contributed by atoms with Gasteiger partial charge < -0.3 is 10.1 Å². The molecule has 6 heteroatoms. The van der Waals surface area contributed by atoms with Gasteiger partial charge in [0.05, 0.1) is 12.7 Å². The van der Waals surface area contributed by atoms with Crippen LogP contribution in [0.15, 0.2) is 66.9 Å². The Bertz CT molecular complexity index is 849. The van der Waals surface area contributed by atoms with Gasteiger partial charge in [0.25, 0.3) is 5.91 Å². The molecule has 128 valence electrons. The van der Waals surface area contributed by atoms with Crippen molar-refractivity contribution in [1.82, 2.24) is 9.78 Å². The Balaban J connectivity index is 1.64. The highest BCUT2D eigenvalue weighted by Crippen LogP contribution is 2.19. The van der Waals surface area contributed by atoms with Gasteiger partial charge in [-0.15, -0.1) is 0 Å². The van der Waals surface area contributed by atoms with Crippen molar-refractivity contribution in [2.24, 2.45) is 0 Å². The topological polar surface area (TPSA) is 56.1 Å².